The van der Waals surface area contributed by atoms with E-state index in [0.717, 1.165) is 19.3 Å². The molecule has 2 saturated carbocycles. The van der Waals surface area contributed by atoms with Crippen molar-refractivity contribution < 1.29 is 14.6 Å². The number of aliphatic hydroxyl groups is 1. The topological polar surface area (TPSA) is 135 Å². The summed E-state index contributed by atoms with van der Waals surface area (Å²) in [5, 5.41) is 23.5. The zero-order chi connectivity index (χ0) is 24.0. The smallest absolute Gasteiger partial charge is 0.274 e. The van der Waals surface area contributed by atoms with Crippen molar-refractivity contribution in [2.75, 3.05) is 24.8 Å². The maximum absolute atomic E-state index is 13.1. The molecule has 2 aliphatic carbocycles. The summed E-state index contributed by atoms with van der Waals surface area (Å²) >= 11 is 0. The molecule has 1 amide bonds. The molecule has 4 N–H and O–H groups in total. The summed E-state index contributed by atoms with van der Waals surface area (Å²) in [6.07, 6.45) is 5.83. The Hall–Kier alpha value is -3.44. The predicted molar refractivity (Wildman–Crippen MR) is 127 cm³/mol. The van der Waals surface area contributed by atoms with Crippen molar-refractivity contribution in [3.05, 3.63) is 46.5 Å². The number of aliphatic hydroxyl groups excluding tert-OH is 1. The van der Waals surface area contributed by atoms with Crippen LogP contribution in [0.25, 0.3) is 5.65 Å². The van der Waals surface area contributed by atoms with Crippen LogP contribution in [0.4, 0.5) is 17.3 Å². The highest BCUT2D eigenvalue weighted by atomic mass is 16.5. The fraction of sp³-hybridized carbons (Fsp3) is 0.478. The highest BCUT2D eigenvalue weighted by molar-refractivity contribution is 6.00. The molecule has 11 heteroatoms. The molecule has 0 aliphatic heterocycles. The van der Waals surface area contributed by atoms with E-state index < -0.39 is 6.10 Å². The normalized spacial score (nSPS) is 25.9. The van der Waals surface area contributed by atoms with E-state index in [9.17, 15) is 14.7 Å². The van der Waals surface area contributed by atoms with Crippen LogP contribution >= 0.6 is 0 Å². The lowest BCUT2D eigenvalue weighted by Gasteiger charge is -2.45. The summed E-state index contributed by atoms with van der Waals surface area (Å²) in [7, 11) is 3.39. The van der Waals surface area contributed by atoms with E-state index in [-0.39, 0.29) is 29.2 Å². The molecule has 0 saturated heterocycles. The molecule has 0 bridgehead atoms. The molecule has 34 heavy (non-hydrogen) atoms. The number of nitrogens with one attached hydrogen (secondary N) is 3. The van der Waals surface area contributed by atoms with Crippen molar-refractivity contribution in [1.29, 1.82) is 0 Å². The third-order valence-corrected chi connectivity index (χ3v) is 7.21. The van der Waals surface area contributed by atoms with Gasteiger partial charge in [0, 0.05) is 26.4 Å². The van der Waals surface area contributed by atoms with E-state index in [2.05, 4.69) is 26.0 Å². The standard InChI is InChI=1S/C23H29N7O4/c1-23(34-3)9-8-17(23)27-21(32)13-12-25-30-19(24-2)11-18(28-20(13)30)26-14-5-4-10-29(22(14)33)15-6-7-16(15)31/h4-5,10-12,15-17,24,31H,6-9H2,1-3H3,(H,26,28)(H,27,32)/t15-,16-,17-,23-/m0/s1. The van der Waals surface area contributed by atoms with E-state index in [0.29, 0.717) is 35.0 Å². The van der Waals surface area contributed by atoms with Crippen molar-refractivity contribution in [3.63, 3.8) is 0 Å². The second-order valence-corrected chi connectivity index (χ2v) is 9.12. The average molecular weight is 468 g/mol. The third-order valence-electron chi connectivity index (χ3n) is 7.21. The quantitative estimate of drug-likeness (QED) is 0.412. The molecular weight excluding hydrogens is 438 g/mol. The van der Waals surface area contributed by atoms with Gasteiger partial charge in [-0.3, -0.25) is 9.59 Å². The summed E-state index contributed by atoms with van der Waals surface area (Å²) in [4.78, 5) is 30.7. The van der Waals surface area contributed by atoms with Crippen LogP contribution in [0.3, 0.4) is 0 Å². The Balaban J connectivity index is 1.46. The molecule has 180 valence electrons. The highest BCUT2D eigenvalue weighted by Crippen LogP contribution is 2.35. The van der Waals surface area contributed by atoms with Gasteiger partial charge in [0.05, 0.1) is 30.0 Å². The number of carbonyl (C=O) groups excluding carboxylic acids is 1. The van der Waals surface area contributed by atoms with Gasteiger partial charge in [-0.15, -0.1) is 0 Å². The van der Waals surface area contributed by atoms with Gasteiger partial charge >= 0.3 is 0 Å². The number of nitrogens with zero attached hydrogens (tertiary/aromatic N) is 4. The fourth-order valence-corrected chi connectivity index (χ4v) is 4.56. The van der Waals surface area contributed by atoms with Gasteiger partial charge in [0.1, 0.15) is 22.9 Å². The van der Waals surface area contributed by atoms with Gasteiger partial charge in [-0.05, 0) is 44.7 Å². The van der Waals surface area contributed by atoms with Crippen LogP contribution in [-0.2, 0) is 4.74 Å². The monoisotopic (exact) mass is 467 g/mol. The summed E-state index contributed by atoms with van der Waals surface area (Å²) < 4.78 is 8.65. The number of hydrogen-bond donors (Lipinski definition) is 4. The number of ether oxygens (including phenoxy) is 1. The molecule has 0 radical (unpaired) electrons. The maximum atomic E-state index is 13.1. The van der Waals surface area contributed by atoms with E-state index in [4.69, 9.17) is 4.74 Å². The highest BCUT2D eigenvalue weighted by Gasteiger charge is 2.44. The molecule has 0 spiro atoms. The zero-order valence-electron chi connectivity index (χ0n) is 19.4. The van der Waals surface area contributed by atoms with Gasteiger partial charge in [0.2, 0.25) is 0 Å². The van der Waals surface area contributed by atoms with Gasteiger partial charge in [0.15, 0.2) is 5.65 Å². The number of anilines is 3. The van der Waals surface area contributed by atoms with Crippen molar-refractivity contribution in [2.45, 2.75) is 56.4 Å². The summed E-state index contributed by atoms with van der Waals surface area (Å²) in [5.41, 5.74) is 0.394. The molecule has 2 fully saturated rings. The van der Waals surface area contributed by atoms with Gasteiger partial charge in [-0.1, -0.05) is 0 Å². The molecule has 4 atom stereocenters. The minimum atomic E-state index is -0.512. The molecule has 2 aliphatic rings. The van der Waals surface area contributed by atoms with Gasteiger partial charge in [0.25, 0.3) is 11.5 Å². The van der Waals surface area contributed by atoms with Crippen LogP contribution in [0.5, 0.6) is 0 Å². The number of aromatic nitrogens is 4. The predicted octanol–water partition coefficient (Wildman–Crippen LogP) is 1.67. The molecule has 5 rings (SSSR count). The van der Waals surface area contributed by atoms with Crippen LogP contribution in [-0.4, -0.2) is 62.1 Å². The first-order valence-electron chi connectivity index (χ1n) is 11.4. The Morgan fingerprint density at radius 2 is 2.15 bits per heavy atom. The van der Waals surface area contributed by atoms with Crippen LogP contribution in [0.1, 0.15) is 49.0 Å². The van der Waals surface area contributed by atoms with Crippen LogP contribution < -0.4 is 21.5 Å². The van der Waals surface area contributed by atoms with Crippen LogP contribution in [0.2, 0.25) is 0 Å². The fourth-order valence-electron chi connectivity index (χ4n) is 4.56. The van der Waals surface area contributed by atoms with Crippen LogP contribution in [0.15, 0.2) is 35.4 Å². The second kappa shape index (κ2) is 8.41. The number of amides is 1. The van der Waals surface area contributed by atoms with Gasteiger partial charge < -0.3 is 30.4 Å². The molecule has 3 heterocycles. The van der Waals surface area contributed by atoms with E-state index in [1.54, 1.807) is 47.6 Å². The Kier molecular flexibility index (Phi) is 5.53. The Morgan fingerprint density at radius 1 is 1.32 bits per heavy atom. The number of hydrogen-bond acceptors (Lipinski definition) is 8. The molecule has 3 aromatic heterocycles. The minimum Gasteiger partial charge on any atom is -0.391 e. The zero-order valence-corrected chi connectivity index (χ0v) is 19.4. The third kappa shape index (κ3) is 3.61. The van der Waals surface area contributed by atoms with E-state index in [1.165, 1.54) is 6.20 Å². The van der Waals surface area contributed by atoms with Gasteiger partial charge in [-0.25, -0.2) is 4.98 Å². The molecule has 11 nitrogen and oxygen atoms in total. The number of pyridine rings is 1. The van der Waals surface area contributed by atoms with E-state index in [1.807, 2.05) is 6.92 Å². The molecule has 0 aromatic carbocycles. The molecular formula is C23H29N7O4. The Labute approximate surface area is 196 Å². The second-order valence-electron chi connectivity index (χ2n) is 9.12. The van der Waals surface area contributed by atoms with Crippen LogP contribution in [0, 0.1) is 0 Å². The maximum Gasteiger partial charge on any atom is 0.274 e. The Bertz CT molecular complexity index is 1300. The number of methoxy groups -OCH3 is 1. The van der Waals surface area contributed by atoms with Crippen molar-refractivity contribution >= 4 is 28.9 Å². The Morgan fingerprint density at radius 3 is 2.76 bits per heavy atom. The van der Waals surface area contributed by atoms with Crippen molar-refractivity contribution in [1.82, 2.24) is 24.5 Å². The number of rotatable bonds is 7. The summed E-state index contributed by atoms with van der Waals surface area (Å²) in [6.45, 7) is 1.98. The minimum absolute atomic E-state index is 0.0883. The largest absolute Gasteiger partial charge is 0.391 e. The SMILES string of the molecule is CNc1cc(Nc2cccn([C@H]3CC[C@@H]3O)c2=O)nc2c(C(=O)N[C@H]3CC[C@]3(C)OC)cnn12. The first-order chi connectivity index (χ1) is 16.3. The lowest BCUT2D eigenvalue weighted by Crippen LogP contribution is -2.59. The lowest BCUT2D eigenvalue weighted by molar-refractivity contribution is -0.0828. The number of carbonyl (C=O) groups is 1. The summed E-state index contributed by atoms with van der Waals surface area (Å²) in [6, 6.07) is 4.84. The van der Waals surface area contributed by atoms with E-state index >= 15 is 0 Å². The number of fused-ring (bicyclic) bond motifs is 1. The van der Waals surface area contributed by atoms with Crippen molar-refractivity contribution in [2.24, 2.45) is 0 Å². The molecule has 3 aromatic rings. The lowest BCUT2D eigenvalue weighted by atomic mass is 9.76. The first kappa shape index (κ1) is 22.4. The first-order valence-corrected chi connectivity index (χ1v) is 11.4. The molecule has 0 unspecified atom stereocenters. The van der Waals surface area contributed by atoms with Crippen molar-refractivity contribution in [3.8, 4) is 0 Å². The summed E-state index contributed by atoms with van der Waals surface area (Å²) in [5.74, 6) is 0.707. The van der Waals surface area contributed by atoms with Gasteiger partial charge in [-0.2, -0.15) is 9.61 Å². The average Bonchev–Trinajstić information content (AvgIpc) is 3.26.